The minimum atomic E-state index is -0.596. The Morgan fingerprint density at radius 2 is 1.74 bits per heavy atom. The second-order valence-electron chi connectivity index (χ2n) is 11.0. The quantitative estimate of drug-likeness (QED) is 0.389. The predicted molar refractivity (Wildman–Crippen MR) is 140 cm³/mol. The number of aromatic nitrogens is 1. The largest absolute Gasteiger partial charge is 0.351 e. The summed E-state index contributed by atoms with van der Waals surface area (Å²) in [5.74, 6) is 2.59. The molecule has 0 fully saturated rings. The molecule has 2 rings (SSSR count). The number of nitrogens with zero attached hydrogens (tertiary/aromatic N) is 1. The van der Waals surface area contributed by atoms with Crippen molar-refractivity contribution in [3.63, 3.8) is 0 Å². The molecule has 1 aromatic heterocycles. The van der Waals surface area contributed by atoms with Gasteiger partial charge in [0.1, 0.15) is 6.29 Å². The van der Waals surface area contributed by atoms with Crippen molar-refractivity contribution >= 4 is 24.1 Å². The van der Waals surface area contributed by atoms with E-state index in [1.54, 1.807) is 6.20 Å². The fourth-order valence-corrected chi connectivity index (χ4v) is 3.92. The minimum Gasteiger partial charge on any atom is -0.351 e. The van der Waals surface area contributed by atoms with Crippen molar-refractivity contribution in [1.29, 1.82) is 0 Å². The average Bonchev–Trinajstić information content (AvgIpc) is 2.78. The summed E-state index contributed by atoms with van der Waals surface area (Å²) >= 11 is 1.25. The molecule has 0 aliphatic heterocycles. The molecule has 1 aromatic carbocycles. The standard InChI is InChI=1S/C28H36N2O3S/c1-10-25(2,3)28(8,9)21-12-11-13-22(16-21)34-30-17-20(14-15-23(30)32)24(33)29-18-26(4,5)27(6,7)19-31/h1,11-17,19H,18H2,2-9H3,(H,29,33). The number of nitrogens with one attached hydrogen (secondary N) is 1. The van der Waals surface area contributed by atoms with E-state index in [1.165, 1.54) is 28.1 Å². The summed E-state index contributed by atoms with van der Waals surface area (Å²) < 4.78 is 1.45. The second-order valence-corrected chi connectivity index (χ2v) is 12.0. The maximum atomic E-state index is 12.8. The molecule has 0 saturated carbocycles. The van der Waals surface area contributed by atoms with Crippen molar-refractivity contribution in [3.05, 3.63) is 64.1 Å². The highest BCUT2D eigenvalue weighted by Crippen LogP contribution is 2.41. The molecule has 1 amide bonds. The van der Waals surface area contributed by atoms with Gasteiger partial charge in [0.25, 0.3) is 11.5 Å². The highest BCUT2D eigenvalue weighted by molar-refractivity contribution is 7.97. The maximum Gasteiger partial charge on any atom is 0.260 e. The zero-order valence-electron chi connectivity index (χ0n) is 21.5. The molecule has 0 bridgehead atoms. The van der Waals surface area contributed by atoms with Gasteiger partial charge in [-0.2, -0.15) is 0 Å². The van der Waals surface area contributed by atoms with Gasteiger partial charge in [-0.15, -0.1) is 6.42 Å². The van der Waals surface area contributed by atoms with Crippen LogP contribution in [-0.4, -0.2) is 22.7 Å². The second kappa shape index (κ2) is 9.84. The fraction of sp³-hybridized carbons (Fsp3) is 0.464. The first-order valence-electron chi connectivity index (χ1n) is 11.3. The fourth-order valence-electron chi connectivity index (χ4n) is 3.06. The predicted octanol–water partition coefficient (Wildman–Crippen LogP) is 5.32. The number of carbonyl (C=O) groups excluding carboxylic acids is 2. The normalized spacial score (nSPS) is 12.7. The molecule has 0 aliphatic carbocycles. The summed E-state index contributed by atoms with van der Waals surface area (Å²) in [6.45, 7) is 16.2. The Hall–Kier alpha value is -2.78. The van der Waals surface area contributed by atoms with Gasteiger partial charge >= 0.3 is 0 Å². The van der Waals surface area contributed by atoms with Crippen LogP contribution in [0, 0.1) is 28.6 Å². The molecule has 0 saturated heterocycles. The molecular weight excluding hydrogens is 444 g/mol. The van der Waals surface area contributed by atoms with Gasteiger partial charge in [0.15, 0.2) is 0 Å². The van der Waals surface area contributed by atoms with Gasteiger partial charge < -0.3 is 10.1 Å². The molecule has 0 spiro atoms. The number of carbonyl (C=O) groups is 2. The van der Waals surface area contributed by atoms with Crippen molar-refractivity contribution in [2.45, 2.75) is 65.7 Å². The van der Waals surface area contributed by atoms with Crippen LogP contribution >= 0.6 is 11.9 Å². The summed E-state index contributed by atoms with van der Waals surface area (Å²) in [6.07, 6.45) is 8.24. The topological polar surface area (TPSA) is 68.2 Å². The molecule has 0 radical (unpaired) electrons. The molecule has 1 heterocycles. The Morgan fingerprint density at radius 3 is 2.32 bits per heavy atom. The zero-order valence-corrected chi connectivity index (χ0v) is 22.3. The number of terminal acetylenes is 1. The van der Waals surface area contributed by atoms with Gasteiger partial charge in [-0.25, -0.2) is 0 Å². The molecule has 182 valence electrons. The smallest absolute Gasteiger partial charge is 0.260 e. The number of benzene rings is 1. The van der Waals surface area contributed by atoms with Crippen molar-refractivity contribution < 1.29 is 9.59 Å². The lowest BCUT2D eigenvalue weighted by atomic mass is 9.65. The van der Waals surface area contributed by atoms with Gasteiger partial charge in [-0.05, 0) is 55.0 Å². The van der Waals surface area contributed by atoms with Crippen LogP contribution in [0.2, 0.25) is 0 Å². The van der Waals surface area contributed by atoms with E-state index in [0.717, 1.165) is 16.7 Å². The van der Waals surface area contributed by atoms with Crippen LogP contribution in [0.5, 0.6) is 0 Å². The van der Waals surface area contributed by atoms with Crippen molar-refractivity contribution in [2.75, 3.05) is 6.54 Å². The van der Waals surface area contributed by atoms with Gasteiger partial charge in [0.05, 0.1) is 5.56 Å². The van der Waals surface area contributed by atoms with Crippen LogP contribution in [0.25, 0.3) is 0 Å². The Morgan fingerprint density at radius 1 is 1.09 bits per heavy atom. The van der Waals surface area contributed by atoms with Gasteiger partial charge in [0.2, 0.25) is 0 Å². The third kappa shape index (κ3) is 5.64. The monoisotopic (exact) mass is 480 g/mol. The number of amides is 1. The highest BCUT2D eigenvalue weighted by Gasteiger charge is 2.38. The Balaban J connectivity index is 2.27. The Labute approximate surface area is 207 Å². The SMILES string of the molecule is C#CC(C)(C)C(C)(C)c1cccc(Sn2cc(C(=O)NCC(C)(C)C(C)(C)C=O)ccc2=O)c1. The highest BCUT2D eigenvalue weighted by atomic mass is 32.2. The molecule has 5 nitrogen and oxygen atoms in total. The first-order chi connectivity index (χ1) is 15.6. The van der Waals surface area contributed by atoms with E-state index in [-0.39, 0.29) is 22.3 Å². The first kappa shape index (κ1) is 27.5. The van der Waals surface area contributed by atoms with Crippen molar-refractivity contribution in [1.82, 2.24) is 9.29 Å². The van der Waals surface area contributed by atoms with Gasteiger partial charge in [-0.3, -0.25) is 13.6 Å². The number of hydrogen-bond donors (Lipinski definition) is 1. The molecular formula is C28H36N2O3S. The summed E-state index contributed by atoms with van der Waals surface area (Å²) in [5, 5.41) is 2.90. The third-order valence-corrected chi connectivity index (χ3v) is 8.50. The van der Waals surface area contributed by atoms with Crippen LogP contribution in [0.4, 0.5) is 0 Å². The molecule has 1 N–H and O–H groups in total. The molecule has 6 heteroatoms. The lowest BCUT2D eigenvalue weighted by Gasteiger charge is -2.38. The van der Waals surface area contributed by atoms with Crippen LogP contribution in [0.1, 0.15) is 71.3 Å². The third-order valence-electron chi connectivity index (χ3n) is 7.55. The molecule has 2 aromatic rings. The molecule has 0 atom stereocenters. The molecule has 34 heavy (non-hydrogen) atoms. The Kier molecular flexibility index (Phi) is 7.94. The number of rotatable bonds is 9. The van der Waals surface area contributed by atoms with Crippen LogP contribution in [-0.2, 0) is 10.2 Å². The zero-order chi connectivity index (χ0) is 25.9. The lowest BCUT2D eigenvalue weighted by molar-refractivity contribution is -0.119. The first-order valence-corrected chi connectivity index (χ1v) is 12.1. The van der Waals surface area contributed by atoms with Crippen molar-refractivity contribution in [2.24, 2.45) is 16.2 Å². The number of pyridine rings is 1. The van der Waals surface area contributed by atoms with Crippen LogP contribution in [0.3, 0.4) is 0 Å². The summed E-state index contributed by atoms with van der Waals surface area (Å²) in [7, 11) is 0. The number of aldehydes is 1. The molecule has 0 aliphatic rings. The molecule has 0 unspecified atom stereocenters. The maximum absolute atomic E-state index is 12.8. The van der Waals surface area contributed by atoms with Crippen LogP contribution in [0.15, 0.2) is 52.3 Å². The van der Waals surface area contributed by atoms with E-state index in [0.29, 0.717) is 12.1 Å². The van der Waals surface area contributed by atoms with Crippen LogP contribution < -0.4 is 10.9 Å². The van der Waals surface area contributed by atoms with E-state index >= 15 is 0 Å². The average molecular weight is 481 g/mol. The summed E-state index contributed by atoms with van der Waals surface area (Å²) in [6, 6.07) is 10.9. The van der Waals surface area contributed by atoms with E-state index < -0.39 is 10.8 Å². The van der Waals surface area contributed by atoms with E-state index in [2.05, 4.69) is 25.1 Å². The van der Waals surface area contributed by atoms with Gasteiger partial charge in [-0.1, -0.05) is 59.6 Å². The van der Waals surface area contributed by atoms with E-state index in [4.69, 9.17) is 6.42 Å². The minimum absolute atomic E-state index is 0.224. The number of hydrogen-bond acceptors (Lipinski definition) is 4. The Bertz CT molecular complexity index is 1170. The summed E-state index contributed by atoms with van der Waals surface area (Å²) in [4.78, 5) is 37.6. The van der Waals surface area contributed by atoms with Crippen molar-refractivity contribution in [3.8, 4) is 12.3 Å². The van der Waals surface area contributed by atoms with E-state index in [9.17, 15) is 14.4 Å². The van der Waals surface area contributed by atoms with Gasteiger partial charge in [0, 0.05) is 39.9 Å². The van der Waals surface area contributed by atoms with E-state index in [1.807, 2.05) is 65.8 Å². The summed E-state index contributed by atoms with van der Waals surface area (Å²) in [5.41, 5.74) is -0.462. The lowest BCUT2D eigenvalue weighted by Crippen LogP contribution is -2.44.